The zero-order valence-corrected chi connectivity index (χ0v) is 12.0. The lowest BCUT2D eigenvalue weighted by Crippen LogP contribution is -2.51. The number of piperazine rings is 1. The Morgan fingerprint density at radius 2 is 2.32 bits per heavy atom. The second kappa shape index (κ2) is 5.66. The van der Waals surface area contributed by atoms with Gasteiger partial charge in [-0.2, -0.15) is 0 Å². The molecule has 1 aromatic carbocycles. The minimum Gasteiger partial charge on any atom is -0.336 e. The van der Waals surface area contributed by atoms with Crippen LogP contribution in [0.3, 0.4) is 0 Å². The van der Waals surface area contributed by atoms with Crippen LogP contribution in [0.2, 0.25) is 0 Å². The summed E-state index contributed by atoms with van der Waals surface area (Å²) in [6.07, 6.45) is 0. The Bertz CT molecular complexity index is 521. The highest BCUT2D eigenvalue weighted by molar-refractivity contribution is 9.10. The molecule has 19 heavy (non-hydrogen) atoms. The quantitative estimate of drug-likeness (QED) is 0.663. The van der Waals surface area contributed by atoms with Crippen molar-refractivity contribution in [2.45, 2.75) is 13.0 Å². The molecule has 0 aromatic heterocycles. The van der Waals surface area contributed by atoms with Crippen LogP contribution in [-0.2, 0) is 0 Å². The van der Waals surface area contributed by atoms with E-state index in [2.05, 4.69) is 21.2 Å². The summed E-state index contributed by atoms with van der Waals surface area (Å²) in [5.41, 5.74) is 0.262. The molecule has 7 heteroatoms. The first-order valence-corrected chi connectivity index (χ1v) is 6.75. The van der Waals surface area contributed by atoms with Crippen LogP contribution in [-0.4, -0.2) is 41.4 Å². The third-order valence-electron chi connectivity index (χ3n) is 3.05. The molecule has 1 atom stereocenters. The Morgan fingerprint density at radius 1 is 1.58 bits per heavy atom. The summed E-state index contributed by atoms with van der Waals surface area (Å²) in [6, 6.07) is 4.47. The van der Waals surface area contributed by atoms with Crippen LogP contribution in [0.15, 0.2) is 22.7 Å². The maximum Gasteiger partial charge on any atom is 0.270 e. The molecule has 6 nitrogen and oxygen atoms in total. The van der Waals surface area contributed by atoms with Gasteiger partial charge in [0, 0.05) is 42.3 Å². The van der Waals surface area contributed by atoms with Gasteiger partial charge >= 0.3 is 0 Å². The molecule has 0 saturated carbocycles. The van der Waals surface area contributed by atoms with Crippen molar-refractivity contribution in [3.63, 3.8) is 0 Å². The Morgan fingerprint density at radius 3 is 2.95 bits per heavy atom. The van der Waals surface area contributed by atoms with Gasteiger partial charge in [0.1, 0.15) is 0 Å². The van der Waals surface area contributed by atoms with Crippen molar-refractivity contribution in [2.75, 3.05) is 19.6 Å². The van der Waals surface area contributed by atoms with Crippen LogP contribution >= 0.6 is 15.9 Å². The summed E-state index contributed by atoms with van der Waals surface area (Å²) < 4.78 is 0.578. The van der Waals surface area contributed by atoms with E-state index in [1.54, 1.807) is 4.90 Å². The van der Waals surface area contributed by atoms with E-state index in [1.807, 2.05) is 6.92 Å². The molecule has 0 bridgehead atoms. The van der Waals surface area contributed by atoms with Gasteiger partial charge in [-0.15, -0.1) is 0 Å². The number of nitro benzene ring substituents is 1. The molecule has 1 aliphatic heterocycles. The van der Waals surface area contributed by atoms with E-state index >= 15 is 0 Å². The molecule has 0 spiro atoms. The third kappa shape index (κ3) is 3.10. The average Bonchev–Trinajstić information content (AvgIpc) is 2.38. The van der Waals surface area contributed by atoms with Gasteiger partial charge in [-0.05, 0) is 28.9 Å². The van der Waals surface area contributed by atoms with Gasteiger partial charge in [-0.3, -0.25) is 14.9 Å². The largest absolute Gasteiger partial charge is 0.336 e. The molecule has 1 saturated heterocycles. The first-order valence-electron chi connectivity index (χ1n) is 5.95. The number of rotatable bonds is 2. The number of nitrogens with one attached hydrogen (secondary N) is 1. The highest BCUT2D eigenvalue weighted by Gasteiger charge is 2.24. The van der Waals surface area contributed by atoms with Crippen molar-refractivity contribution >= 4 is 27.5 Å². The highest BCUT2D eigenvalue weighted by Crippen LogP contribution is 2.24. The molecule has 0 aliphatic carbocycles. The van der Waals surface area contributed by atoms with E-state index in [9.17, 15) is 14.9 Å². The van der Waals surface area contributed by atoms with Gasteiger partial charge in [0.05, 0.1) is 10.5 Å². The van der Waals surface area contributed by atoms with Crippen LogP contribution in [0.25, 0.3) is 0 Å². The van der Waals surface area contributed by atoms with Gasteiger partial charge in [0.25, 0.3) is 11.6 Å². The minimum atomic E-state index is -0.496. The van der Waals surface area contributed by atoms with Crippen LogP contribution in [0, 0.1) is 10.1 Å². The van der Waals surface area contributed by atoms with Crippen molar-refractivity contribution in [2.24, 2.45) is 0 Å². The summed E-state index contributed by atoms with van der Waals surface area (Å²) in [5, 5.41) is 14.0. The predicted octanol–water partition coefficient (Wildman–Crippen LogP) is 1.79. The molecule has 102 valence electrons. The van der Waals surface area contributed by atoms with E-state index in [0.29, 0.717) is 23.1 Å². The number of benzene rings is 1. The van der Waals surface area contributed by atoms with E-state index in [-0.39, 0.29) is 17.6 Å². The summed E-state index contributed by atoms with van der Waals surface area (Å²) in [6.45, 7) is 3.95. The Balaban J connectivity index is 2.27. The fraction of sp³-hybridized carbons (Fsp3) is 0.417. The van der Waals surface area contributed by atoms with Gasteiger partial charge in [-0.25, -0.2) is 0 Å². The second-order valence-corrected chi connectivity index (χ2v) is 5.38. The third-order valence-corrected chi connectivity index (χ3v) is 3.74. The zero-order chi connectivity index (χ0) is 14.0. The van der Waals surface area contributed by atoms with Gasteiger partial charge < -0.3 is 10.2 Å². The SMILES string of the molecule is CC1CN(C(=O)c2cc([N+](=O)[O-])ccc2Br)CCN1. The summed E-state index contributed by atoms with van der Waals surface area (Å²) in [5.74, 6) is -0.177. The first kappa shape index (κ1) is 14.0. The number of hydrogen-bond donors (Lipinski definition) is 1. The lowest BCUT2D eigenvalue weighted by atomic mass is 10.1. The smallest absolute Gasteiger partial charge is 0.270 e. The minimum absolute atomic E-state index is 0.0743. The van der Waals surface area contributed by atoms with Crippen molar-refractivity contribution in [3.05, 3.63) is 38.3 Å². The average molecular weight is 328 g/mol. The lowest BCUT2D eigenvalue weighted by molar-refractivity contribution is -0.384. The van der Waals surface area contributed by atoms with E-state index in [1.165, 1.54) is 18.2 Å². The molecule has 1 fully saturated rings. The maximum atomic E-state index is 12.4. The normalized spacial score (nSPS) is 19.3. The van der Waals surface area contributed by atoms with Crippen LogP contribution < -0.4 is 5.32 Å². The fourth-order valence-corrected chi connectivity index (χ4v) is 2.49. The first-order chi connectivity index (χ1) is 8.99. The van der Waals surface area contributed by atoms with Crippen LogP contribution in [0.4, 0.5) is 5.69 Å². The van der Waals surface area contributed by atoms with Gasteiger partial charge in [0.2, 0.25) is 0 Å². The number of carbonyl (C=O) groups is 1. The molecule has 1 N–H and O–H groups in total. The molecule has 1 amide bonds. The molecular formula is C12H14BrN3O3. The van der Waals surface area contributed by atoms with Crippen molar-refractivity contribution < 1.29 is 9.72 Å². The summed E-state index contributed by atoms with van der Waals surface area (Å²) >= 11 is 3.28. The standard InChI is InChI=1S/C12H14BrN3O3/c1-8-7-15(5-4-14-8)12(17)10-6-9(16(18)19)2-3-11(10)13/h2-3,6,8,14H,4-5,7H2,1H3. The molecule has 0 radical (unpaired) electrons. The van der Waals surface area contributed by atoms with Crippen molar-refractivity contribution in [1.82, 2.24) is 10.2 Å². The van der Waals surface area contributed by atoms with E-state index in [0.717, 1.165) is 6.54 Å². The number of nitro groups is 1. The van der Waals surface area contributed by atoms with Gasteiger partial charge in [0.15, 0.2) is 0 Å². The molecule has 1 unspecified atom stereocenters. The van der Waals surface area contributed by atoms with E-state index < -0.39 is 4.92 Å². The van der Waals surface area contributed by atoms with Crippen molar-refractivity contribution in [1.29, 1.82) is 0 Å². The van der Waals surface area contributed by atoms with Crippen LogP contribution in [0.5, 0.6) is 0 Å². The number of nitrogens with zero attached hydrogens (tertiary/aromatic N) is 2. The second-order valence-electron chi connectivity index (χ2n) is 4.53. The number of amides is 1. The molecular weight excluding hydrogens is 314 g/mol. The number of carbonyl (C=O) groups excluding carboxylic acids is 1. The van der Waals surface area contributed by atoms with Crippen LogP contribution in [0.1, 0.15) is 17.3 Å². The van der Waals surface area contributed by atoms with Gasteiger partial charge in [-0.1, -0.05) is 0 Å². The maximum absolute atomic E-state index is 12.4. The van der Waals surface area contributed by atoms with Crippen molar-refractivity contribution in [3.8, 4) is 0 Å². The highest BCUT2D eigenvalue weighted by atomic mass is 79.9. The summed E-state index contributed by atoms with van der Waals surface area (Å²) in [7, 11) is 0. The summed E-state index contributed by atoms with van der Waals surface area (Å²) in [4.78, 5) is 24.4. The number of non-ortho nitro benzene ring substituents is 1. The van der Waals surface area contributed by atoms with E-state index in [4.69, 9.17) is 0 Å². The Hall–Kier alpha value is -1.47. The topological polar surface area (TPSA) is 75.5 Å². The predicted molar refractivity (Wildman–Crippen MR) is 74.2 cm³/mol. The number of halogens is 1. The molecule has 1 aromatic rings. The zero-order valence-electron chi connectivity index (χ0n) is 10.4. The molecule has 2 rings (SSSR count). The molecule has 1 heterocycles. The number of hydrogen-bond acceptors (Lipinski definition) is 4. The molecule has 1 aliphatic rings. The Labute approximate surface area is 119 Å². The fourth-order valence-electron chi connectivity index (χ4n) is 2.08. The Kier molecular flexibility index (Phi) is 4.16. The monoisotopic (exact) mass is 327 g/mol. The lowest BCUT2D eigenvalue weighted by Gasteiger charge is -2.32.